The molecule has 0 fully saturated rings. The van der Waals surface area contributed by atoms with E-state index in [1.54, 1.807) is 0 Å². The van der Waals surface area contributed by atoms with Crippen molar-refractivity contribution in [1.82, 2.24) is 0 Å². The molecule has 0 saturated carbocycles. The summed E-state index contributed by atoms with van der Waals surface area (Å²) in [5.41, 5.74) is 0. The quantitative estimate of drug-likeness (QED) is 0.364. The van der Waals surface area contributed by atoms with E-state index < -0.39 is 0 Å². The molecule has 0 nitrogen and oxygen atoms in total. The van der Waals surface area contributed by atoms with Crippen molar-refractivity contribution < 1.29 is 0 Å². The molecule has 0 aliphatic rings. The van der Waals surface area contributed by atoms with E-state index in [4.69, 9.17) is 0 Å². The molecule has 0 aromatic rings. The van der Waals surface area contributed by atoms with Gasteiger partial charge in [-0.2, -0.15) is 0 Å². The van der Waals surface area contributed by atoms with Crippen molar-refractivity contribution in [2.24, 2.45) is 0 Å². The summed E-state index contributed by atoms with van der Waals surface area (Å²) in [4.78, 5) is 0. The molecule has 0 N–H and O–H groups in total. The third kappa shape index (κ3) is 9.10. The second-order valence-electron chi connectivity index (χ2n) is 0. The number of hydrogen-bond acceptors (Lipinski definition) is 0. The van der Waals surface area contributed by atoms with E-state index in [9.17, 15) is 0 Å². The van der Waals surface area contributed by atoms with Crippen LogP contribution in [0.15, 0.2) is 0 Å². The standard InChI is InChI=1S/Al.Ca.Pb.Sn.9H. The van der Waals surface area contributed by atoms with E-state index in [1.807, 2.05) is 0 Å². The van der Waals surface area contributed by atoms with Gasteiger partial charge in [0.1, 0.15) is 0 Å². The molecule has 0 saturated heterocycles. The Morgan fingerprint density at radius 3 is 1.00 bits per heavy atom. The predicted molar refractivity (Wildman–Crippen MR) is 35.6 cm³/mol. The molecule has 0 rings (SSSR count). The zero-order valence-corrected chi connectivity index (χ0v) is 10.9. The van der Waals surface area contributed by atoms with Crippen molar-refractivity contribution in [3.63, 3.8) is 0 Å². The van der Waals surface area contributed by atoms with Crippen molar-refractivity contribution >= 4 is 106 Å². The molecule has 0 aromatic heterocycles. The second-order valence-corrected chi connectivity index (χ2v) is 0. The van der Waals surface area contributed by atoms with Gasteiger partial charge in [-0.3, -0.25) is 0 Å². The Morgan fingerprint density at radius 1 is 1.00 bits per heavy atom. The Hall–Kier alpha value is 3.51. The summed E-state index contributed by atoms with van der Waals surface area (Å²) in [7, 11) is 0. The van der Waals surface area contributed by atoms with E-state index >= 15 is 0 Å². The average molecular weight is 402 g/mol. The minimum atomic E-state index is 0. The molecule has 0 atom stereocenters. The molecular formula is H9AlCaPbSn. The molecule has 0 amide bonds. The summed E-state index contributed by atoms with van der Waals surface area (Å²) in [6.07, 6.45) is 0. The number of rotatable bonds is 0. The van der Waals surface area contributed by atoms with Crippen LogP contribution in [0.4, 0.5) is 0 Å². The van der Waals surface area contributed by atoms with Crippen molar-refractivity contribution in [2.75, 3.05) is 0 Å². The predicted octanol–water partition coefficient (Wildman–Crippen LogP) is -3.93. The summed E-state index contributed by atoms with van der Waals surface area (Å²) in [6, 6.07) is 0. The first-order valence-corrected chi connectivity index (χ1v) is 0. The van der Waals surface area contributed by atoms with Crippen LogP contribution < -0.4 is 0 Å². The summed E-state index contributed by atoms with van der Waals surface area (Å²) in [5, 5.41) is 0. The van der Waals surface area contributed by atoms with Crippen molar-refractivity contribution in [3.05, 3.63) is 0 Å². The van der Waals surface area contributed by atoms with E-state index in [-0.39, 0.29) is 106 Å². The van der Waals surface area contributed by atoms with Crippen LogP contribution in [0.5, 0.6) is 0 Å². The first-order chi connectivity index (χ1) is 0. The molecule has 0 aliphatic carbocycles. The average Bonchev–Trinajstić information content (AvgIpc) is 0. The molecule has 0 aliphatic heterocycles. The fourth-order valence-electron chi connectivity index (χ4n) is 0. The van der Waals surface area contributed by atoms with E-state index in [0.29, 0.717) is 0 Å². The van der Waals surface area contributed by atoms with Gasteiger partial charge in [-0.25, -0.2) is 0 Å². The van der Waals surface area contributed by atoms with E-state index in [1.165, 1.54) is 0 Å². The maximum absolute atomic E-state index is 0. The summed E-state index contributed by atoms with van der Waals surface area (Å²) < 4.78 is 0. The van der Waals surface area contributed by atoms with Crippen LogP contribution in [0, 0.1) is 0 Å². The fourth-order valence-corrected chi connectivity index (χ4v) is 0. The summed E-state index contributed by atoms with van der Waals surface area (Å²) >= 11 is 0. The van der Waals surface area contributed by atoms with Crippen LogP contribution in [0.2, 0.25) is 0 Å². The monoisotopic (exact) mass is 404 g/mol. The van der Waals surface area contributed by atoms with Gasteiger partial charge in [-0.05, 0) is 0 Å². The van der Waals surface area contributed by atoms with Crippen LogP contribution in [0.1, 0.15) is 0 Å². The van der Waals surface area contributed by atoms with Crippen molar-refractivity contribution in [1.29, 1.82) is 0 Å². The van der Waals surface area contributed by atoms with Gasteiger partial charge >= 0.3 is 88.9 Å². The molecular weight excluding hydrogens is 393 g/mol. The van der Waals surface area contributed by atoms with E-state index in [2.05, 4.69) is 0 Å². The molecule has 0 spiro atoms. The molecule has 4 radical (unpaired) electrons. The fraction of sp³-hybridized carbons (Fsp3) is 0. The maximum atomic E-state index is 0. The van der Waals surface area contributed by atoms with Gasteiger partial charge in [-0.15, -0.1) is 0 Å². The number of hydrogen-bond donors (Lipinski definition) is 0. The Labute approximate surface area is 104 Å². The molecule has 4 heteroatoms. The van der Waals surface area contributed by atoms with Crippen LogP contribution >= 0.6 is 0 Å². The third-order valence-corrected chi connectivity index (χ3v) is 0. The molecule has 4 heavy (non-hydrogen) atoms. The first-order valence-electron chi connectivity index (χ1n) is 0. The minimum absolute atomic E-state index is 0. The molecule has 0 bridgehead atoms. The van der Waals surface area contributed by atoms with Gasteiger partial charge in [0.05, 0.1) is 0 Å². The Morgan fingerprint density at radius 2 is 1.00 bits per heavy atom. The van der Waals surface area contributed by atoms with Gasteiger partial charge in [0.15, 0.2) is 17.4 Å². The molecule has 0 aromatic carbocycles. The Bertz CT molecular complexity index is 8.00. The third-order valence-electron chi connectivity index (χ3n) is 0. The summed E-state index contributed by atoms with van der Waals surface area (Å²) in [6.45, 7) is 0. The molecule has 0 unspecified atom stereocenters. The van der Waals surface area contributed by atoms with Gasteiger partial charge in [0.25, 0.3) is 0 Å². The Kier molecular flexibility index (Phi) is 104. The van der Waals surface area contributed by atoms with Crippen LogP contribution in [0.3, 0.4) is 0 Å². The first kappa shape index (κ1) is 25.8. The van der Waals surface area contributed by atoms with Crippen LogP contribution in [-0.2, 0) is 0 Å². The van der Waals surface area contributed by atoms with E-state index in [0.717, 1.165) is 0 Å². The van der Waals surface area contributed by atoms with Gasteiger partial charge in [0.2, 0.25) is 0 Å². The zero-order valence-electron chi connectivity index (χ0n) is 1.41. The van der Waals surface area contributed by atoms with Gasteiger partial charge in [0, 0.05) is 0 Å². The van der Waals surface area contributed by atoms with Gasteiger partial charge in [-0.1, -0.05) is 0 Å². The van der Waals surface area contributed by atoms with Crippen LogP contribution in [-0.4, -0.2) is 106 Å². The van der Waals surface area contributed by atoms with Gasteiger partial charge < -0.3 is 0 Å². The molecule has 22 valence electrons. The van der Waals surface area contributed by atoms with Crippen LogP contribution in [0.25, 0.3) is 0 Å². The normalized spacial score (nSPS) is 0. The summed E-state index contributed by atoms with van der Waals surface area (Å²) in [5.74, 6) is 0. The SMILES string of the molecule is [AlH3].[CaH2].[PbH2].[SnH2]. The second kappa shape index (κ2) is 16.0. The molecule has 0 heterocycles. The van der Waals surface area contributed by atoms with Crippen molar-refractivity contribution in [2.45, 2.75) is 0 Å². The topological polar surface area (TPSA) is 0 Å². The zero-order chi connectivity index (χ0) is 0. The Balaban J connectivity index is 0. The van der Waals surface area contributed by atoms with Crippen molar-refractivity contribution in [3.8, 4) is 0 Å².